The third-order valence-electron chi connectivity index (χ3n) is 3.54. The second-order valence-corrected chi connectivity index (χ2v) is 7.08. The van der Waals surface area contributed by atoms with Gasteiger partial charge in [-0.3, -0.25) is 9.59 Å². The molecule has 0 aliphatic heterocycles. The van der Waals surface area contributed by atoms with Gasteiger partial charge in [-0.2, -0.15) is 0 Å². The fourth-order valence-corrected chi connectivity index (χ4v) is 4.51. The Bertz CT molecular complexity index is 848. The topological polar surface area (TPSA) is 65.5 Å². The molecule has 25 heavy (non-hydrogen) atoms. The number of thiazole rings is 1. The van der Waals surface area contributed by atoms with E-state index in [1.807, 2.05) is 29.6 Å². The van der Waals surface area contributed by atoms with E-state index in [-0.39, 0.29) is 13.2 Å². The monoisotopic (exact) mass is 375 g/mol. The van der Waals surface area contributed by atoms with Crippen molar-refractivity contribution in [2.75, 3.05) is 13.2 Å². The Kier molecular flexibility index (Phi) is 5.45. The Balaban J connectivity index is 2.05. The number of fused-ring (bicyclic) bond motifs is 1. The summed E-state index contributed by atoms with van der Waals surface area (Å²) in [6.07, 6.45) is 0. The molecule has 1 aromatic carbocycles. The quantitative estimate of drug-likeness (QED) is 0.476. The Hall–Kier alpha value is -2.25. The summed E-state index contributed by atoms with van der Waals surface area (Å²) in [6.45, 7) is 3.83. The fourth-order valence-electron chi connectivity index (χ4n) is 2.49. The number of esters is 2. The van der Waals surface area contributed by atoms with Crippen molar-refractivity contribution in [3.8, 4) is 9.88 Å². The largest absolute Gasteiger partial charge is 0.465 e. The maximum absolute atomic E-state index is 12.4. The second kappa shape index (κ2) is 7.76. The molecule has 0 aliphatic carbocycles. The van der Waals surface area contributed by atoms with Crippen molar-refractivity contribution >= 4 is 44.8 Å². The summed E-state index contributed by atoms with van der Waals surface area (Å²) in [4.78, 5) is 30.2. The highest BCUT2D eigenvalue weighted by Gasteiger charge is 2.34. The maximum Gasteiger partial charge on any atom is 0.324 e. The van der Waals surface area contributed by atoms with Gasteiger partial charge in [-0.25, -0.2) is 4.98 Å². The number of rotatable bonds is 6. The van der Waals surface area contributed by atoms with Crippen molar-refractivity contribution in [1.82, 2.24) is 4.98 Å². The highest BCUT2D eigenvalue weighted by molar-refractivity contribution is 7.25. The third-order valence-corrected chi connectivity index (χ3v) is 5.66. The van der Waals surface area contributed by atoms with Gasteiger partial charge in [-0.1, -0.05) is 12.1 Å². The zero-order chi connectivity index (χ0) is 17.8. The highest BCUT2D eigenvalue weighted by atomic mass is 32.1. The molecule has 0 N–H and O–H groups in total. The number of carbonyl (C=O) groups excluding carboxylic acids is 2. The molecule has 2 heterocycles. The van der Waals surface area contributed by atoms with Crippen LogP contribution in [0.25, 0.3) is 20.1 Å². The van der Waals surface area contributed by atoms with Crippen molar-refractivity contribution < 1.29 is 19.1 Å². The lowest BCUT2D eigenvalue weighted by molar-refractivity contribution is -0.156. The number of hydrogen-bond acceptors (Lipinski definition) is 7. The van der Waals surface area contributed by atoms with Crippen molar-refractivity contribution in [3.63, 3.8) is 0 Å². The van der Waals surface area contributed by atoms with Gasteiger partial charge in [0.2, 0.25) is 0 Å². The lowest BCUT2D eigenvalue weighted by atomic mass is 10.00. The predicted octanol–water partition coefficient (Wildman–Crippen LogP) is 4.23. The number of carbonyl (C=O) groups is 2. The van der Waals surface area contributed by atoms with E-state index in [9.17, 15) is 9.59 Å². The van der Waals surface area contributed by atoms with Crippen molar-refractivity contribution in [2.24, 2.45) is 0 Å². The highest BCUT2D eigenvalue weighted by Crippen LogP contribution is 2.39. The fraction of sp³-hybridized carbons (Fsp3) is 0.278. The molecule has 0 spiro atoms. The number of para-hydroxylation sites is 1. The Morgan fingerprint density at radius 1 is 1.08 bits per heavy atom. The van der Waals surface area contributed by atoms with E-state index in [1.54, 1.807) is 19.9 Å². The lowest BCUT2D eigenvalue weighted by Crippen LogP contribution is -2.26. The number of thiophene rings is 1. The van der Waals surface area contributed by atoms with Crippen molar-refractivity contribution in [1.29, 1.82) is 0 Å². The van der Waals surface area contributed by atoms with E-state index in [0.717, 1.165) is 20.1 Å². The summed E-state index contributed by atoms with van der Waals surface area (Å²) in [5.74, 6) is -2.28. The van der Waals surface area contributed by atoms with Crippen LogP contribution in [0.3, 0.4) is 0 Å². The zero-order valence-electron chi connectivity index (χ0n) is 13.9. The van der Waals surface area contributed by atoms with E-state index in [2.05, 4.69) is 4.98 Å². The average Bonchev–Trinajstić information content (AvgIpc) is 3.21. The van der Waals surface area contributed by atoms with E-state index < -0.39 is 17.9 Å². The summed E-state index contributed by atoms with van der Waals surface area (Å²) in [7, 11) is 0. The smallest absolute Gasteiger partial charge is 0.324 e. The van der Waals surface area contributed by atoms with E-state index >= 15 is 0 Å². The van der Waals surface area contributed by atoms with Gasteiger partial charge < -0.3 is 9.47 Å². The van der Waals surface area contributed by atoms with Crippen LogP contribution < -0.4 is 0 Å². The number of aromatic nitrogens is 1. The first kappa shape index (κ1) is 17.6. The van der Waals surface area contributed by atoms with Crippen LogP contribution in [0.2, 0.25) is 0 Å². The third kappa shape index (κ3) is 3.57. The van der Waals surface area contributed by atoms with Crippen LogP contribution in [-0.4, -0.2) is 30.1 Å². The normalized spacial score (nSPS) is 11.0. The summed E-state index contributed by atoms with van der Waals surface area (Å²) >= 11 is 2.98. The molecule has 0 atom stereocenters. The van der Waals surface area contributed by atoms with E-state index in [0.29, 0.717) is 5.56 Å². The molecule has 3 rings (SSSR count). The van der Waals surface area contributed by atoms with Gasteiger partial charge in [0.25, 0.3) is 0 Å². The molecule has 7 heteroatoms. The summed E-state index contributed by atoms with van der Waals surface area (Å²) < 4.78 is 11.2. The molecule has 0 fully saturated rings. The zero-order valence-corrected chi connectivity index (χ0v) is 15.5. The summed E-state index contributed by atoms with van der Waals surface area (Å²) in [5.41, 5.74) is 1.48. The minimum atomic E-state index is -1.09. The van der Waals surface area contributed by atoms with Gasteiger partial charge in [0.05, 0.1) is 28.3 Å². The first-order valence-electron chi connectivity index (χ1n) is 7.92. The number of benzene rings is 1. The van der Waals surface area contributed by atoms with Gasteiger partial charge in [0.1, 0.15) is 5.01 Å². The van der Waals surface area contributed by atoms with Crippen molar-refractivity contribution in [2.45, 2.75) is 19.8 Å². The Morgan fingerprint density at radius 3 is 2.40 bits per heavy atom. The Labute approximate surface area is 153 Å². The molecule has 3 aromatic rings. The SMILES string of the molecule is CCOC(=O)C(C(=O)OCC)c1ccsc1-c1nc2ccccc2s1. The molecule has 2 aromatic heterocycles. The average molecular weight is 375 g/mol. The first-order valence-corrected chi connectivity index (χ1v) is 9.61. The van der Waals surface area contributed by atoms with Crippen molar-refractivity contribution in [3.05, 3.63) is 41.3 Å². The molecule has 0 amide bonds. The van der Waals surface area contributed by atoms with Crippen LogP contribution in [0.5, 0.6) is 0 Å². The van der Waals surface area contributed by atoms with Gasteiger partial charge >= 0.3 is 11.9 Å². The minimum Gasteiger partial charge on any atom is -0.465 e. The predicted molar refractivity (Wildman–Crippen MR) is 98.9 cm³/mol. The number of hydrogen-bond donors (Lipinski definition) is 0. The standard InChI is InChI=1S/C18H17NO4S2/c1-3-22-17(20)14(18(21)23-4-2)11-9-10-24-15(11)16-19-12-7-5-6-8-13(12)25-16/h5-10,14H,3-4H2,1-2H3. The molecule has 0 saturated carbocycles. The molecule has 0 saturated heterocycles. The van der Waals surface area contributed by atoms with Crippen LogP contribution >= 0.6 is 22.7 Å². The minimum absolute atomic E-state index is 0.204. The molecule has 0 radical (unpaired) electrons. The summed E-state index contributed by atoms with van der Waals surface area (Å²) in [5, 5.41) is 2.63. The number of nitrogens with zero attached hydrogens (tertiary/aromatic N) is 1. The first-order chi connectivity index (χ1) is 12.2. The lowest BCUT2D eigenvalue weighted by Gasteiger charge is -2.14. The second-order valence-electron chi connectivity index (χ2n) is 5.13. The van der Waals surface area contributed by atoms with Gasteiger partial charge in [0.15, 0.2) is 5.92 Å². The molecule has 0 unspecified atom stereocenters. The Morgan fingerprint density at radius 2 is 1.76 bits per heavy atom. The van der Waals surface area contributed by atoms with Crippen LogP contribution in [-0.2, 0) is 19.1 Å². The van der Waals surface area contributed by atoms with Gasteiger partial charge in [-0.15, -0.1) is 22.7 Å². The molecule has 130 valence electrons. The molecular weight excluding hydrogens is 358 g/mol. The number of ether oxygens (including phenoxy) is 2. The maximum atomic E-state index is 12.4. The molecule has 5 nitrogen and oxygen atoms in total. The van der Waals surface area contributed by atoms with Gasteiger partial charge in [-0.05, 0) is 43.0 Å². The molecule has 0 aliphatic rings. The van der Waals surface area contributed by atoms with Crippen LogP contribution in [0.1, 0.15) is 25.3 Å². The van der Waals surface area contributed by atoms with E-state index in [4.69, 9.17) is 9.47 Å². The van der Waals surface area contributed by atoms with Crippen LogP contribution in [0, 0.1) is 0 Å². The van der Waals surface area contributed by atoms with Crippen LogP contribution in [0.4, 0.5) is 0 Å². The van der Waals surface area contributed by atoms with Crippen LogP contribution in [0.15, 0.2) is 35.7 Å². The van der Waals surface area contributed by atoms with Gasteiger partial charge in [0, 0.05) is 0 Å². The summed E-state index contributed by atoms with van der Waals surface area (Å²) in [6, 6.07) is 9.60. The molecule has 0 bridgehead atoms. The molecular formula is C18H17NO4S2. The van der Waals surface area contributed by atoms with E-state index in [1.165, 1.54) is 22.7 Å².